The van der Waals surface area contributed by atoms with E-state index in [-0.39, 0.29) is 5.82 Å². The van der Waals surface area contributed by atoms with Gasteiger partial charge >= 0.3 is 0 Å². The van der Waals surface area contributed by atoms with Crippen molar-refractivity contribution in [3.05, 3.63) is 47.0 Å². The van der Waals surface area contributed by atoms with E-state index in [1.165, 1.54) is 6.07 Å². The van der Waals surface area contributed by atoms with Crippen LogP contribution in [0.3, 0.4) is 0 Å². The Morgan fingerprint density at radius 1 is 1.47 bits per heavy atom. The van der Waals surface area contributed by atoms with Gasteiger partial charge in [0, 0.05) is 29.9 Å². The van der Waals surface area contributed by atoms with Crippen LogP contribution in [0.5, 0.6) is 0 Å². The molecule has 17 heavy (non-hydrogen) atoms. The molecule has 0 saturated heterocycles. The van der Waals surface area contributed by atoms with Crippen molar-refractivity contribution in [2.75, 3.05) is 5.32 Å². The summed E-state index contributed by atoms with van der Waals surface area (Å²) in [7, 11) is 0. The van der Waals surface area contributed by atoms with Crippen LogP contribution in [0, 0.1) is 5.82 Å². The monoisotopic (exact) mass is 253 g/mol. The van der Waals surface area contributed by atoms with Crippen molar-refractivity contribution in [2.24, 2.45) is 0 Å². The summed E-state index contributed by atoms with van der Waals surface area (Å²) in [4.78, 5) is 0. The number of aryl methyl sites for hydroxylation is 1. The Labute approximate surface area is 104 Å². The van der Waals surface area contributed by atoms with Gasteiger partial charge in [-0.2, -0.15) is 5.10 Å². The molecule has 2 aromatic rings. The van der Waals surface area contributed by atoms with Gasteiger partial charge in [-0.1, -0.05) is 17.7 Å². The fourth-order valence-electron chi connectivity index (χ4n) is 1.49. The molecule has 3 nitrogen and oxygen atoms in total. The summed E-state index contributed by atoms with van der Waals surface area (Å²) in [6.07, 6.45) is 3.60. The Bertz CT molecular complexity index is 510. The molecule has 1 aromatic heterocycles. The first kappa shape index (κ1) is 11.9. The summed E-state index contributed by atoms with van der Waals surface area (Å²) in [6.45, 7) is 3.24. The van der Waals surface area contributed by atoms with Gasteiger partial charge < -0.3 is 5.32 Å². The third-order valence-electron chi connectivity index (χ3n) is 2.46. The van der Waals surface area contributed by atoms with Crippen molar-refractivity contribution in [3.63, 3.8) is 0 Å². The predicted octanol–water partition coefficient (Wildman–Crippen LogP) is 3.31. The maximum atomic E-state index is 13.5. The minimum absolute atomic E-state index is 0.298. The SMILES string of the molecule is CCn1cc(NCc2ccc(Cl)cc2F)cn1. The molecule has 1 heterocycles. The van der Waals surface area contributed by atoms with Gasteiger partial charge in [0.25, 0.3) is 0 Å². The number of benzene rings is 1. The van der Waals surface area contributed by atoms with Crippen LogP contribution in [0.25, 0.3) is 0 Å². The second kappa shape index (κ2) is 5.19. The highest BCUT2D eigenvalue weighted by atomic mass is 35.5. The average molecular weight is 254 g/mol. The van der Waals surface area contributed by atoms with E-state index in [0.29, 0.717) is 17.1 Å². The number of aromatic nitrogens is 2. The molecule has 0 atom stereocenters. The molecule has 0 aliphatic heterocycles. The van der Waals surface area contributed by atoms with E-state index in [4.69, 9.17) is 11.6 Å². The van der Waals surface area contributed by atoms with Gasteiger partial charge in [0.15, 0.2) is 0 Å². The first-order valence-electron chi connectivity index (χ1n) is 5.39. The van der Waals surface area contributed by atoms with Crippen molar-refractivity contribution in [3.8, 4) is 0 Å². The molecule has 0 spiro atoms. The zero-order valence-corrected chi connectivity index (χ0v) is 10.2. The lowest BCUT2D eigenvalue weighted by atomic mass is 10.2. The fourth-order valence-corrected chi connectivity index (χ4v) is 1.65. The largest absolute Gasteiger partial charge is 0.378 e. The van der Waals surface area contributed by atoms with Gasteiger partial charge in [-0.3, -0.25) is 4.68 Å². The standard InChI is InChI=1S/C12H13ClFN3/c1-2-17-8-11(7-16-17)15-6-9-3-4-10(13)5-12(9)14/h3-5,7-8,15H,2,6H2,1H3. The van der Waals surface area contributed by atoms with Crippen LogP contribution in [-0.2, 0) is 13.1 Å². The molecule has 0 radical (unpaired) electrons. The van der Waals surface area contributed by atoms with Crippen LogP contribution < -0.4 is 5.32 Å². The smallest absolute Gasteiger partial charge is 0.129 e. The molecule has 0 saturated carbocycles. The Hall–Kier alpha value is -1.55. The van der Waals surface area contributed by atoms with E-state index in [0.717, 1.165) is 12.2 Å². The maximum absolute atomic E-state index is 13.5. The van der Waals surface area contributed by atoms with Gasteiger partial charge in [0.05, 0.1) is 11.9 Å². The molecule has 5 heteroatoms. The maximum Gasteiger partial charge on any atom is 0.129 e. The molecular formula is C12H13ClFN3. The molecule has 2 rings (SSSR count). The number of nitrogens with zero attached hydrogens (tertiary/aromatic N) is 2. The van der Waals surface area contributed by atoms with Gasteiger partial charge in [0.2, 0.25) is 0 Å². The molecule has 0 bridgehead atoms. The van der Waals surface area contributed by atoms with Crippen molar-refractivity contribution >= 4 is 17.3 Å². The highest BCUT2D eigenvalue weighted by Crippen LogP contribution is 2.16. The van der Waals surface area contributed by atoms with Crippen LogP contribution >= 0.6 is 11.6 Å². The predicted molar refractivity (Wildman–Crippen MR) is 66.6 cm³/mol. The molecule has 0 amide bonds. The molecule has 1 N–H and O–H groups in total. The second-order valence-electron chi connectivity index (χ2n) is 3.67. The first-order chi connectivity index (χ1) is 8.19. The number of nitrogens with one attached hydrogen (secondary N) is 1. The number of halogens is 2. The molecular weight excluding hydrogens is 241 g/mol. The Balaban J connectivity index is 2.02. The van der Waals surface area contributed by atoms with Gasteiger partial charge in [0.1, 0.15) is 5.82 Å². The van der Waals surface area contributed by atoms with Crippen molar-refractivity contribution in [2.45, 2.75) is 20.0 Å². The van der Waals surface area contributed by atoms with Crippen molar-refractivity contribution < 1.29 is 4.39 Å². The van der Waals surface area contributed by atoms with E-state index >= 15 is 0 Å². The number of rotatable bonds is 4. The summed E-state index contributed by atoms with van der Waals surface area (Å²) in [6, 6.07) is 4.67. The van der Waals surface area contributed by atoms with Crippen molar-refractivity contribution in [1.29, 1.82) is 0 Å². The normalized spacial score (nSPS) is 10.5. The van der Waals surface area contributed by atoms with E-state index in [2.05, 4.69) is 10.4 Å². The van der Waals surface area contributed by atoms with Crippen molar-refractivity contribution in [1.82, 2.24) is 9.78 Å². The van der Waals surface area contributed by atoms with Crippen LogP contribution in [0.2, 0.25) is 5.02 Å². The highest BCUT2D eigenvalue weighted by molar-refractivity contribution is 6.30. The molecule has 90 valence electrons. The van der Waals surface area contributed by atoms with E-state index in [1.807, 2.05) is 13.1 Å². The van der Waals surface area contributed by atoms with E-state index in [1.54, 1.807) is 23.0 Å². The Kier molecular flexibility index (Phi) is 3.64. The summed E-state index contributed by atoms with van der Waals surface area (Å²) in [5.74, 6) is -0.298. The lowest BCUT2D eigenvalue weighted by Gasteiger charge is -2.05. The fraction of sp³-hybridized carbons (Fsp3) is 0.250. The molecule has 0 aliphatic rings. The molecule has 1 aromatic carbocycles. The highest BCUT2D eigenvalue weighted by Gasteiger charge is 2.03. The second-order valence-corrected chi connectivity index (χ2v) is 4.11. The van der Waals surface area contributed by atoms with E-state index < -0.39 is 0 Å². The van der Waals surface area contributed by atoms with Gasteiger partial charge in [-0.15, -0.1) is 0 Å². The van der Waals surface area contributed by atoms with Gasteiger partial charge in [-0.05, 0) is 19.1 Å². The van der Waals surface area contributed by atoms with E-state index in [9.17, 15) is 4.39 Å². The van der Waals surface area contributed by atoms with Crippen LogP contribution in [0.4, 0.5) is 10.1 Å². The lowest BCUT2D eigenvalue weighted by molar-refractivity contribution is 0.613. The van der Waals surface area contributed by atoms with Crippen LogP contribution in [-0.4, -0.2) is 9.78 Å². The number of anilines is 1. The topological polar surface area (TPSA) is 29.9 Å². The van der Waals surface area contributed by atoms with Gasteiger partial charge in [-0.25, -0.2) is 4.39 Å². The average Bonchev–Trinajstić information content (AvgIpc) is 2.76. The summed E-state index contributed by atoms with van der Waals surface area (Å²) >= 11 is 5.68. The Morgan fingerprint density at radius 3 is 2.94 bits per heavy atom. The zero-order valence-electron chi connectivity index (χ0n) is 9.45. The van der Waals surface area contributed by atoms with Crippen LogP contribution in [0.1, 0.15) is 12.5 Å². The van der Waals surface area contributed by atoms with Crippen LogP contribution in [0.15, 0.2) is 30.6 Å². The Morgan fingerprint density at radius 2 is 2.29 bits per heavy atom. The first-order valence-corrected chi connectivity index (χ1v) is 5.77. The number of hydrogen-bond acceptors (Lipinski definition) is 2. The lowest BCUT2D eigenvalue weighted by Crippen LogP contribution is -2.01. The minimum Gasteiger partial charge on any atom is -0.378 e. The summed E-state index contributed by atoms with van der Waals surface area (Å²) < 4.78 is 15.3. The third-order valence-corrected chi connectivity index (χ3v) is 2.69. The minimum atomic E-state index is -0.298. The molecule has 0 unspecified atom stereocenters. The third kappa shape index (κ3) is 2.97. The molecule has 0 aliphatic carbocycles. The summed E-state index contributed by atoms with van der Waals surface area (Å²) in [5, 5.41) is 7.64. The quantitative estimate of drug-likeness (QED) is 0.906. The molecule has 0 fully saturated rings. The number of hydrogen-bond donors (Lipinski definition) is 1. The zero-order chi connectivity index (χ0) is 12.3. The summed E-state index contributed by atoms with van der Waals surface area (Å²) in [5.41, 5.74) is 1.46.